The zero-order valence-electron chi connectivity index (χ0n) is 9.41. The molecule has 0 aromatic carbocycles. The van der Waals surface area contributed by atoms with Crippen LogP contribution in [0.25, 0.3) is 0 Å². The summed E-state index contributed by atoms with van der Waals surface area (Å²) in [4.78, 5) is 0. The fourth-order valence-corrected chi connectivity index (χ4v) is 4.22. The molecule has 0 amide bonds. The predicted molar refractivity (Wildman–Crippen MR) is 60.7 cm³/mol. The van der Waals surface area contributed by atoms with Gasteiger partial charge in [0.05, 0.1) is 11.5 Å². The first-order valence-electron chi connectivity index (χ1n) is 5.58. The maximum atomic E-state index is 11.3. The molecule has 2 aliphatic heterocycles. The third kappa shape index (κ3) is 2.92. The molecule has 2 atom stereocenters. The molecule has 2 unspecified atom stereocenters. The smallest absolute Gasteiger partial charge is 0.151 e. The molecule has 15 heavy (non-hydrogen) atoms. The van der Waals surface area contributed by atoms with Gasteiger partial charge in [-0.2, -0.15) is 0 Å². The maximum absolute atomic E-state index is 11.3. The highest BCUT2D eigenvalue weighted by Crippen LogP contribution is 2.20. The van der Waals surface area contributed by atoms with Crippen LogP contribution in [0.2, 0.25) is 0 Å². The molecule has 0 bridgehead atoms. The van der Waals surface area contributed by atoms with E-state index in [0.717, 1.165) is 19.4 Å². The highest BCUT2D eigenvalue weighted by Gasteiger charge is 2.34. The van der Waals surface area contributed by atoms with Gasteiger partial charge in [0, 0.05) is 24.2 Å². The van der Waals surface area contributed by atoms with E-state index in [1.165, 1.54) is 0 Å². The third-order valence-corrected chi connectivity index (χ3v) is 5.06. The summed E-state index contributed by atoms with van der Waals surface area (Å²) in [5.74, 6) is 0.679. The first-order chi connectivity index (χ1) is 6.86. The van der Waals surface area contributed by atoms with Crippen LogP contribution in [0.15, 0.2) is 0 Å². The zero-order chi connectivity index (χ0) is 11.1. The van der Waals surface area contributed by atoms with Gasteiger partial charge >= 0.3 is 0 Å². The summed E-state index contributed by atoms with van der Waals surface area (Å²) < 4.78 is 22.6. The molecule has 0 aromatic rings. The predicted octanol–water partition coefficient (Wildman–Crippen LogP) is -0.0964. The van der Waals surface area contributed by atoms with Gasteiger partial charge in [-0.25, -0.2) is 8.42 Å². The molecule has 2 rings (SSSR count). The molecule has 0 saturated carbocycles. The summed E-state index contributed by atoms with van der Waals surface area (Å²) in [7, 11) is -2.75. The molecule has 2 saturated heterocycles. The van der Waals surface area contributed by atoms with E-state index >= 15 is 0 Å². The number of hydrogen-bond donors (Lipinski definition) is 2. The Bertz CT molecular complexity index is 337. The number of nitrogens with one attached hydrogen (secondary N) is 2. The normalized spacial score (nSPS) is 38.3. The Morgan fingerprint density at radius 1 is 1.33 bits per heavy atom. The van der Waals surface area contributed by atoms with Crippen LogP contribution in [-0.2, 0) is 9.84 Å². The van der Waals surface area contributed by atoms with Crippen molar-refractivity contribution < 1.29 is 8.42 Å². The summed E-state index contributed by atoms with van der Waals surface area (Å²) in [6.07, 6.45) is 1.85. The average molecular weight is 232 g/mol. The second-order valence-corrected chi connectivity index (χ2v) is 7.66. The largest absolute Gasteiger partial charge is 0.310 e. The maximum Gasteiger partial charge on any atom is 0.151 e. The van der Waals surface area contributed by atoms with Gasteiger partial charge in [-0.05, 0) is 26.7 Å². The Kier molecular flexibility index (Phi) is 2.81. The summed E-state index contributed by atoms with van der Waals surface area (Å²) >= 11 is 0. The van der Waals surface area contributed by atoms with E-state index in [4.69, 9.17) is 0 Å². The van der Waals surface area contributed by atoms with Crippen molar-refractivity contribution in [2.45, 2.75) is 44.3 Å². The standard InChI is InChI=1S/C10H20N2O2S/c1-10(2)5-9(6-11-10)12-8-3-4-15(13,14)7-8/h8-9,11-12H,3-7H2,1-2H3. The topological polar surface area (TPSA) is 58.2 Å². The van der Waals surface area contributed by atoms with Gasteiger partial charge in [-0.15, -0.1) is 0 Å². The Labute approximate surface area is 91.7 Å². The molecule has 5 heteroatoms. The first-order valence-corrected chi connectivity index (χ1v) is 7.40. The van der Waals surface area contributed by atoms with Gasteiger partial charge in [0.25, 0.3) is 0 Å². The number of rotatable bonds is 2. The SMILES string of the molecule is CC1(C)CC(NC2CCS(=O)(=O)C2)CN1. The van der Waals surface area contributed by atoms with Crippen LogP contribution in [0.4, 0.5) is 0 Å². The molecule has 0 radical (unpaired) electrons. The van der Waals surface area contributed by atoms with E-state index < -0.39 is 9.84 Å². The summed E-state index contributed by atoms with van der Waals surface area (Å²) in [6, 6.07) is 0.606. The fraction of sp³-hybridized carbons (Fsp3) is 1.00. The van der Waals surface area contributed by atoms with Crippen molar-refractivity contribution in [2.75, 3.05) is 18.1 Å². The second kappa shape index (κ2) is 3.71. The second-order valence-electron chi connectivity index (χ2n) is 5.43. The zero-order valence-corrected chi connectivity index (χ0v) is 10.2. The Morgan fingerprint density at radius 2 is 2.07 bits per heavy atom. The monoisotopic (exact) mass is 232 g/mol. The summed E-state index contributed by atoms with van der Waals surface area (Å²) in [6.45, 7) is 5.31. The lowest BCUT2D eigenvalue weighted by molar-refractivity contribution is 0.424. The van der Waals surface area contributed by atoms with Crippen molar-refractivity contribution in [1.29, 1.82) is 0 Å². The Morgan fingerprint density at radius 3 is 2.53 bits per heavy atom. The Balaban J connectivity index is 1.85. The highest BCUT2D eigenvalue weighted by atomic mass is 32.2. The molecule has 0 aliphatic carbocycles. The molecule has 2 fully saturated rings. The molecule has 2 aliphatic rings. The van der Waals surface area contributed by atoms with Crippen LogP contribution in [0.5, 0.6) is 0 Å². The molecular weight excluding hydrogens is 212 g/mol. The fourth-order valence-electron chi connectivity index (χ4n) is 2.54. The average Bonchev–Trinajstić information content (AvgIpc) is 2.56. The molecule has 0 spiro atoms. The van der Waals surface area contributed by atoms with Crippen molar-refractivity contribution >= 4 is 9.84 Å². The lowest BCUT2D eigenvalue weighted by atomic mass is 10.0. The quantitative estimate of drug-likeness (QED) is 0.698. The van der Waals surface area contributed by atoms with E-state index in [-0.39, 0.29) is 11.6 Å². The minimum atomic E-state index is -2.75. The van der Waals surface area contributed by atoms with Gasteiger partial charge in [0.15, 0.2) is 9.84 Å². The van der Waals surface area contributed by atoms with E-state index in [0.29, 0.717) is 17.5 Å². The lowest BCUT2D eigenvalue weighted by Gasteiger charge is -2.19. The van der Waals surface area contributed by atoms with E-state index in [1.54, 1.807) is 0 Å². The van der Waals surface area contributed by atoms with Gasteiger partial charge in [-0.3, -0.25) is 0 Å². The lowest BCUT2D eigenvalue weighted by Crippen LogP contribution is -2.40. The van der Waals surface area contributed by atoms with Crippen LogP contribution in [0.3, 0.4) is 0 Å². The molecule has 2 N–H and O–H groups in total. The highest BCUT2D eigenvalue weighted by molar-refractivity contribution is 7.91. The van der Waals surface area contributed by atoms with Crippen LogP contribution in [-0.4, -0.2) is 44.1 Å². The van der Waals surface area contributed by atoms with Crippen molar-refractivity contribution in [3.8, 4) is 0 Å². The minimum absolute atomic E-state index is 0.177. The van der Waals surface area contributed by atoms with Crippen LogP contribution in [0.1, 0.15) is 26.7 Å². The van der Waals surface area contributed by atoms with Crippen molar-refractivity contribution in [1.82, 2.24) is 10.6 Å². The molecule has 4 nitrogen and oxygen atoms in total. The van der Waals surface area contributed by atoms with Crippen LogP contribution in [0, 0.1) is 0 Å². The minimum Gasteiger partial charge on any atom is -0.310 e. The van der Waals surface area contributed by atoms with E-state index in [9.17, 15) is 8.42 Å². The van der Waals surface area contributed by atoms with E-state index in [1.807, 2.05) is 0 Å². The van der Waals surface area contributed by atoms with E-state index in [2.05, 4.69) is 24.5 Å². The third-order valence-electron chi connectivity index (χ3n) is 3.29. The van der Waals surface area contributed by atoms with Crippen molar-refractivity contribution in [3.63, 3.8) is 0 Å². The summed E-state index contributed by atoms with van der Waals surface area (Å²) in [5, 5.41) is 6.88. The molecule has 88 valence electrons. The van der Waals surface area contributed by atoms with Gasteiger partial charge in [0.1, 0.15) is 0 Å². The van der Waals surface area contributed by atoms with Gasteiger partial charge in [-0.1, -0.05) is 0 Å². The number of hydrogen-bond acceptors (Lipinski definition) is 4. The Hall–Kier alpha value is -0.130. The van der Waals surface area contributed by atoms with Gasteiger partial charge in [0.2, 0.25) is 0 Å². The molecule has 2 heterocycles. The first kappa shape index (κ1) is 11.4. The molecular formula is C10H20N2O2S. The van der Waals surface area contributed by atoms with Crippen molar-refractivity contribution in [2.24, 2.45) is 0 Å². The number of sulfone groups is 1. The summed E-state index contributed by atoms with van der Waals surface area (Å²) in [5.41, 5.74) is 0.190. The van der Waals surface area contributed by atoms with Crippen LogP contribution < -0.4 is 10.6 Å². The van der Waals surface area contributed by atoms with Gasteiger partial charge < -0.3 is 10.6 Å². The van der Waals surface area contributed by atoms with Crippen LogP contribution >= 0.6 is 0 Å². The van der Waals surface area contributed by atoms with Crippen molar-refractivity contribution in [3.05, 3.63) is 0 Å². The molecule has 0 aromatic heterocycles.